The predicted molar refractivity (Wildman–Crippen MR) is 79.4 cm³/mol. The molecule has 1 aliphatic rings. The van der Waals surface area contributed by atoms with E-state index >= 15 is 0 Å². The molecular weight excluding hydrogens is 264 g/mol. The number of carbonyl (C=O) groups excluding carboxylic acids is 2. The van der Waals surface area contributed by atoms with Crippen LogP contribution in [-0.2, 0) is 16.1 Å². The summed E-state index contributed by atoms with van der Waals surface area (Å²) in [5.41, 5.74) is 1.80. The largest absolute Gasteiger partial charge is 0.332 e. The van der Waals surface area contributed by atoms with Crippen molar-refractivity contribution >= 4 is 17.5 Å². The topological polar surface area (TPSA) is 54.0 Å². The lowest BCUT2D eigenvalue weighted by atomic mass is 10.2. The zero-order valence-electron chi connectivity index (χ0n) is 11.6. The maximum atomic E-state index is 12.4. The third-order valence-corrected chi connectivity index (χ3v) is 3.68. The highest BCUT2D eigenvalue weighted by molar-refractivity contribution is 6.21. The summed E-state index contributed by atoms with van der Waals surface area (Å²) in [7, 11) is 0. The summed E-state index contributed by atoms with van der Waals surface area (Å²) in [5.74, 6) is -0.248. The smallest absolute Gasteiger partial charge is 0.292 e. The van der Waals surface area contributed by atoms with Gasteiger partial charge in [-0.3, -0.25) is 9.59 Å². The Morgan fingerprint density at radius 2 is 1.57 bits per heavy atom. The van der Waals surface area contributed by atoms with Crippen LogP contribution in [0.15, 0.2) is 60.7 Å². The van der Waals surface area contributed by atoms with Crippen molar-refractivity contribution in [2.24, 2.45) is 0 Å². The van der Waals surface area contributed by atoms with Crippen LogP contribution >= 0.6 is 0 Å². The van der Waals surface area contributed by atoms with Crippen molar-refractivity contribution in [3.05, 3.63) is 66.2 Å². The number of rotatable bonds is 4. The van der Waals surface area contributed by atoms with E-state index in [-0.39, 0.29) is 24.3 Å². The molecule has 2 N–H and O–H groups in total. The molecule has 21 heavy (non-hydrogen) atoms. The molecule has 0 spiro atoms. The number of amides is 2. The molecule has 2 amide bonds. The summed E-state index contributed by atoms with van der Waals surface area (Å²) in [4.78, 5) is 25.8. The Morgan fingerprint density at radius 3 is 2.24 bits per heavy atom. The molecule has 1 atom stereocenters. The van der Waals surface area contributed by atoms with Crippen LogP contribution < -0.4 is 10.2 Å². The van der Waals surface area contributed by atoms with Gasteiger partial charge in [-0.2, -0.15) is 0 Å². The normalized spacial score (nSPS) is 18.3. The van der Waals surface area contributed by atoms with E-state index < -0.39 is 0 Å². The van der Waals surface area contributed by atoms with Gasteiger partial charge in [-0.05, 0) is 12.1 Å². The Kier molecular flexibility index (Phi) is 3.79. The molecule has 0 unspecified atom stereocenters. The fourth-order valence-corrected chi connectivity index (χ4v) is 2.58. The van der Waals surface area contributed by atoms with Gasteiger partial charge in [-0.1, -0.05) is 48.5 Å². The third-order valence-electron chi connectivity index (χ3n) is 3.68. The minimum Gasteiger partial charge on any atom is -0.332 e. The monoisotopic (exact) mass is 281 g/mol. The molecule has 1 saturated heterocycles. The molecule has 4 heteroatoms. The highest BCUT2D eigenvalue weighted by Gasteiger charge is 2.41. The maximum Gasteiger partial charge on any atom is 0.292 e. The van der Waals surface area contributed by atoms with Gasteiger partial charge in [0.1, 0.15) is 6.54 Å². The van der Waals surface area contributed by atoms with Gasteiger partial charge in [0.05, 0.1) is 12.1 Å². The molecular formula is C17H17N2O2+. The molecule has 0 radical (unpaired) electrons. The van der Waals surface area contributed by atoms with Crippen molar-refractivity contribution in [1.29, 1.82) is 0 Å². The van der Waals surface area contributed by atoms with Gasteiger partial charge in [-0.25, -0.2) is 4.90 Å². The van der Waals surface area contributed by atoms with Crippen LogP contribution in [0.4, 0.5) is 5.69 Å². The lowest BCUT2D eigenvalue weighted by Gasteiger charge is -2.13. The summed E-state index contributed by atoms with van der Waals surface area (Å²) in [6.45, 7) is 0.702. The molecule has 3 rings (SSSR count). The number of benzene rings is 2. The van der Waals surface area contributed by atoms with Gasteiger partial charge in [0, 0.05) is 5.56 Å². The predicted octanol–water partition coefficient (Wildman–Crippen LogP) is 1.08. The molecule has 0 aromatic heterocycles. The average Bonchev–Trinajstić information content (AvgIpc) is 2.81. The molecule has 0 aliphatic carbocycles. The number of hydrogen-bond acceptors (Lipinski definition) is 2. The number of para-hydroxylation sites is 1. The van der Waals surface area contributed by atoms with E-state index in [0.29, 0.717) is 12.2 Å². The SMILES string of the molecule is O=C1C[C@H]([NH2+]Cc2ccccc2)C(=O)N1c1ccccc1. The van der Waals surface area contributed by atoms with Crippen LogP contribution in [0.2, 0.25) is 0 Å². The molecule has 1 fully saturated rings. The number of quaternary nitrogens is 1. The lowest BCUT2D eigenvalue weighted by Crippen LogP contribution is -2.90. The van der Waals surface area contributed by atoms with Crippen molar-refractivity contribution in [2.75, 3.05) is 4.90 Å². The number of anilines is 1. The Bertz CT molecular complexity index is 640. The summed E-state index contributed by atoms with van der Waals surface area (Å²) >= 11 is 0. The van der Waals surface area contributed by atoms with Crippen molar-refractivity contribution in [1.82, 2.24) is 0 Å². The standard InChI is InChI=1S/C17H16N2O2/c20-16-11-15(18-12-13-7-3-1-4-8-13)17(21)19(16)14-9-5-2-6-10-14/h1-10,15,18H,11-12H2/p+1/t15-/m0/s1. The van der Waals surface area contributed by atoms with Crippen LogP contribution in [0.3, 0.4) is 0 Å². The minimum absolute atomic E-state index is 0.123. The van der Waals surface area contributed by atoms with E-state index in [0.717, 1.165) is 5.56 Å². The summed E-state index contributed by atoms with van der Waals surface area (Å²) < 4.78 is 0. The van der Waals surface area contributed by atoms with Gasteiger partial charge < -0.3 is 5.32 Å². The molecule has 106 valence electrons. The second kappa shape index (κ2) is 5.89. The minimum atomic E-state index is -0.321. The average molecular weight is 281 g/mol. The second-order valence-electron chi connectivity index (χ2n) is 5.14. The molecule has 2 aromatic rings. The fourth-order valence-electron chi connectivity index (χ4n) is 2.58. The quantitative estimate of drug-likeness (QED) is 0.853. The van der Waals surface area contributed by atoms with E-state index in [1.807, 2.05) is 53.8 Å². The fraction of sp³-hybridized carbons (Fsp3) is 0.176. The number of hydrogen-bond donors (Lipinski definition) is 1. The Morgan fingerprint density at radius 1 is 0.952 bits per heavy atom. The zero-order chi connectivity index (χ0) is 14.7. The maximum absolute atomic E-state index is 12.4. The molecule has 4 nitrogen and oxygen atoms in total. The van der Waals surface area contributed by atoms with Crippen LogP contribution in [0.1, 0.15) is 12.0 Å². The van der Waals surface area contributed by atoms with Crippen molar-refractivity contribution < 1.29 is 14.9 Å². The van der Waals surface area contributed by atoms with Crippen LogP contribution in [0, 0.1) is 0 Å². The van der Waals surface area contributed by atoms with Gasteiger partial charge in [0.25, 0.3) is 5.91 Å². The number of imide groups is 1. The van der Waals surface area contributed by atoms with Gasteiger partial charge >= 0.3 is 0 Å². The number of nitrogens with zero attached hydrogens (tertiary/aromatic N) is 1. The first-order valence-electron chi connectivity index (χ1n) is 7.05. The van der Waals surface area contributed by atoms with E-state index in [4.69, 9.17) is 0 Å². The number of carbonyl (C=O) groups is 2. The summed E-state index contributed by atoms with van der Waals surface area (Å²) in [6.07, 6.45) is 0.264. The Labute approximate surface area is 123 Å². The van der Waals surface area contributed by atoms with Crippen molar-refractivity contribution in [3.8, 4) is 0 Å². The summed E-state index contributed by atoms with van der Waals surface area (Å²) in [6, 6.07) is 18.7. The summed E-state index contributed by atoms with van der Waals surface area (Å²) in [5, 5.41) is 1.94. The Balaban J connectivity index is 1.69. The van der Waals surface area contributed by atoms with Gasteiger partial charge in [-0.15, -0.1) is 0 Å². The van der Waals surface area contributed by atoms with E-state index in [1.165, 1.54) is 4.90 Å². The van der Waals surface area contributed by atoms with E-state index in [2.05, 4.69) is 0 Å². The molecule has 2 aromatic carbocycles. The first kappa shape index (κ1) is 13.5. The molecule has 0 bridgehead atoms. The zero-order valence-corrected chi connectivity index (χ0v) is 11.6. The van der Waals surface area contributed by atoms with Gasteiger partial charge in [0.15, 0.2) is 6.04 Å². The van der Waals surface area contributed by atoms with E-state index in [9.17, 15) is 9.59 Å². The highest BCUT2D eigenvalue weighted by atomic mass is 16.2. The first-order chi connectivity index (χ1) is 10.3. The molecule has 1 aliphatic heterocycles. The molecule has 1 heterocycles. The van der Waals surface area contributed by atoms with Crippen LogP contribution in [0.25, 0.3) is 0 Å². The van der Waals surface area contributed by atoms with Gasteiger partial charge in [0.2, 0.25) is 5.91 Å². The third kappa shape index (κ3) is 2.85. The lowest BCUT2D eigenvalue weighted by molar-refractivity contribution is -0.690. The second-order valence-corrected chi connectivity index (χ2v) is 5.14. The van der Waals surface area contributed by atoms with Crippen LogP contribution in [0.5, 0.6) is 0 Å². The highest BCUT2D eigenvalue weighted by Crippen LogP contribution is 2.20. The van der Waals surface area contributed by atoms with E-state index in [1.54, 1.807) is 12.1 Å². The van der Waals surface area contributed by atoms with Crippen molar-refractivity contribution in [3.63, 3.8) is 0 Å². The Hall–Kier alpha value is -2.46. The van der Waals surface area contributed by atoms with Crippen molar-refractivity contribution in [2.45, 2.75) is 19.0 Å². The van der Waals surface area contributed by atoms with Crippen LogP contribution in [-0.4, -0.2) is 17.9 Å². The molecule has 0 saturated carbocycles. The number of nitrogens with two attached hydrogens (primary N) is 1. The first-order valence-corrected chi connectivity index (χ1v) is 7.05.